The van der Waals surface area contributed by atoms with E-state index in [9.17, 15) is 13.7 Å². The Hall–Kier alpha value is -3.08. The van der Waals surface area contributed by atoms with Crippen molar-refractivity contribution in [3.63, 3.8) is 0 Å². The monoisotopic (exact) mass is 422 g/mol. The molecule has 7 heteroatoms. The summed E-state index contributed by atoms with van der Waals surface area (Å²) in [5.74, 6) is 0. The third kappa shape index (κ3) is 3.97. The topological polar surface area (TPSA) is 92.1 Å². The average Bonchev–Trinajstić information content (AvgIpc) is 3.09. The summed E-state index contributed by atoms with van der Waals surface area (Å²) in [6.07, 6.45) is 0. The molecule has 3 aromatic rings. The molecule has 0 radical (unpaired) electrons. The third-order valence-electron chi connectivity index (χ3n) is 5.48. The van der Waals surface area contributed by atoms with Crippen LogP contribution in [0.15, 0.2) is 53.4 Å². The van der Waals surface area contributed by atoms with Crippen LogP contribution in [0.4, 0.5) is 5.69 Å². The van der Waals surface area contributed by atoms with Gasteiger partial charge in [0.1, 0.15) is 6.07 Å². The van der Waals surface area contributed by atoms with Crippen molar-refractivity contribution in [1.82, 2.24) is 4.57 Å². The van der Waals surface area contributed by atoms with E-state index in [-0.39, 0.29) is 0 Å². The number of primary sulfonamides is 1. The van der Waals surface area contributed by atoms with Crippen molar-refractivity contribution >= 4 is 32.1 Å². The minimum atomic E-state index is -4.08. The smallest absolute Gasteiger partial charge is 0.248 e. The predicted molar refractivity (Wildman–Crippen MR) is 123 cm³/mol. The molecule has 0 aliphatic heterocycles. The fraction of sp³-hybridized carbons (Fsp3) is 0.261. The molecule has 2 N–H and O–H groups in total. The van der Waals surface area contributed by atoms with Gasteiger partial charge in [-0.2, -0.15) is 5.26 Å². The molecule has 3 rings (SSSR count). The van der Waals surface area contributed by atoms with Crippen molar-refractivity contribution in [3.8, 4) is 17.3 Å². The van der Waals surface area contributed by atoms with E-state index >= 15 is 0 Å². The third-order valence-corrected chi connectivity index (χ3v) is 6.45. The van der Waals surface area contributed by atoms with Crippen LogP contribution in [0.2, 0.25) is 0 Å². The summed E-state index contributed by atoms with van der Waals surface area (Å²) in [4.78, 5) is 1.89. The molecule has 1 aromatic heterocycles. The Bertz CT molecular complexity index is 1280. The first-order chi connectivity index (χ1) is 14.2. The van der Waals surface area contributed by atoms with E-state index in [1.807, 2.05) is 17.7 Å². The number of rotatable bonds is 6. The predicted octanol–water partition coefficient (Wildman–Crippen LogP) is 4.23. The quantitative estimate of drug-likeness (QED) is 0.602. The Kier molecular flexibility index (Phi) is 6.01. The summed E-state index contributed by atoms with van der Waals surface area (Å²) < 4.78 is 25.3. The number of benzene rings is 2. The Balaban J connectivity index is 2.06. The maximum atomic E-state index is 11.7. The van der Waals surface area contributed by atoms with E-state index in [1.165, 1.54) is 5.69 Å². The summed E-state index contributed by atoms with van der Waals surface area (Å²) in [7, 11) is -2.23. The van der Waals surface area contributed by atoms with Crippen LogP contribution in [-0.4, -0.2) is 26.1 Å². The average molecular weight is 423 g/mol. The van der Waals surface area contributed by atoms with Crippen LogP contribution in [0.3, 0.4) is 0 Å². The second-order valence-corrected chi connectivity index (χ2v) is 8.69. The molecule has 0 unspecified atom stereocenters. The molecule has 0 saturated heterocycles. The minimum absolute atomic E-state index is 0.332. The minimum Gasteiger partial charge on any atom is -0.372 e. The number of hydrogen-bond donors (Lipinski definition) is 1. The molecule has 6 nitrogen and oxygen atoms in total. The number of allylic oxidation sites excluding steroid dienone is 2. The van der Waals surface area contributed by atoms with Crippen LogP contribution in [0.25, 0.3) is 27.6 Å². The highest BCUT2D eigenvalue weighted by atomic mass is 32.2. The van der Waals surface area contributed by atoms with Crippen LogP contribution >= 0.6 is 0 Å². The second-order valence-electron chi connectivity index (χ2n) is 7.19. The van der Waals surface area contributed by atoms with Gasteiger partial charge in [-0.05, 0) is 67.4 Å². The molecule has 30 heavy (non-hydrogen) atoms. The van der Waals surface area contributed by atoms with Crippen molar-refractivity contribution in [2.75, 3.05) is 18.0 Å². The Morgan fingerprint density at radius 1 is 1.07 bits per heavy atom. The Morgan fingerprint density at radius 2 is 1.70 bits per heavy atom. The van der Waals surface area contributed by atoms with Gasteiger partial charge in [0.05, 0.1) is 0 Å². The molecular weight excluding hydrogens is 396 g/mol. The number of fused-ring (bicyclic) bond motifs is 1. The van der Waals surface area contributed by atoms with Gasteiger partial charge in [-0.1, -0.05) is 18.2 Å². The maximum absolute atomic E-state index is 11.7. The van der Waals surface area contributed by atoms with Crippen molar-refractivity contribution in [2.45, 2.75) is 20.8 Å². The summed E-state index contributed by atoms with van der Waals surface area (Å²) in [6, 6.07) is 18.2. The standard InChI is InChI=1S/C23H26N4O2S/c1-5-27(6-2)20-10-9-17-13-19(8-7-18(17)14-20)22-12-11-21(26(22)4)16(3)23(15-24)30(25,28)29/h7-14H,5-6H2,1-4H3,(H2,25,28,29)/b23-16+. The van der Waals surface area contributed by atoms with Crippen molar-refractivity contribution in [2.24, 2.45) is 12.2 Å². The Morgan fingerprint density at radius 3 is 2.30 bits per heavy atom. The summed E-state index contributed by atoms with van der Waals surface area (Å²) >= 11 is 0. The van der Waals surface area contributed by atoms with Crippen LogP contribution in [0.1, 0.15) is 26.5 Å². The van der Waals surface area contributed by atoms with Gasteiger partial charge in [0.2, 0.25) is 10.0 Å². The zero-order valence-electron chi connectivity index (χ0n) is 17.7. The number of nitrogens with two attached hydrogens (primary N) is 1. The van der Waals surface area contributed by atoms with Gasteiger partial charge in [-0.15, -0.1) is 0 Å². The summed E-state index contributed by atoms with van der Waals surface area (Å²) in [5.41, 5.74) is 4.10. The molecule has 156 valence electrons. The molecule has 1 heterocycles. The molecule has 0 saturated carbocycles. The Labute approximate surface area is 177 Å². The largest absolute Gasteiger partial charge is 0.372 e. The van der Waals surface area contributed by atoms with Gasteiger partial charge in [0, 0.05) is 42.8 Å². The molecule has 0 atom stereocenters. The molecule has 2 aromatic carbocycles. The molecule has 0 aliphatic carbocycles. The van der Waals surface area contributed by atoms with E-state index in [2.05, 4.69) is 55.1 Å². The lowest BCUT2D eigenvalue weighted by Gasteiger charge is -2.21. The highest BCUT2D eigenvalue weighted by Gasteiger charge is 2.19. The first kappa shape index (κ1) is 21.6. The van der Waals surface area contributed by atoms with E-state index < -0.39 is 14.9 Å². The van der Waals surface area contributed by atoms with Gasteiger partial charge >= 0.3 is 0 Å². The van der Waals surface area contributed by atoms with Crippen LogP contribution in [0, 0.1) is 11.3 Å². The fourth-order valence-electron chi connectivity index (χ4n) is 3.83. The van der Waals surface area contributed by atoms with E-state index in [4.69, 9.17) is 5.14 Å². The fourth-order valence-corrected chi connectivity index (χ4v) is 4.49. The van der Waals surface area contributed by atoms with Gasteiger partial charge < -0.3 is 9.47 Å². The SMILES string of the molecule is CCN(CC)c1ccc2cc(-c3ccc(/C(C)=C(\C#N)S(N)(=O)=O)n3C)ccc2c1. The lowest BCUT2D eigenvalue weighted by Crippen LogP contribution is -2.21. The van der Waals surface area contributed by atoms with Gasteiger partial charge in [-0.25, -0.2) is 13.6 Å². The summed E-state index contributed by atoms with van der Waals surface area (Å²) in [6.45, 7) is 7.81. The van der Waals surface area contributed by atoms with E-state index in [1.54, 1.807) is 19.1 Å². The first-order valence-corrected chi connectivity index (χ1v) is 11.3. The second kappa shape index (κ2) is 8.34. The van der Waals surface area contributed by atoms with Crippen LogP contribution in [-0.2, 0) is 17.1 Å². The molecule has 0 fully saturated rings. The molecule has 0 bridgehead atoms. The van der Waals surface area contributed by atoms with E-state index in [0.717, 1.165) is 35.1 Å². The van der Waals surface area contributed by atoms with E-state index in [0.29, 0.717) is 11.3 Å². The molecule has 0 spiro atoms. The summed E-state index contributed by atoms with van der Waals surface area (Å²) in [5, 5.41) is 16.7. The molecule has 0 amide bonds. The number of hydrogen-bond acceptors (Lipinski definition) is 4. The zero-order valence-corrected chi connectivity index (χ0v) is 18.5. The van der Waals surface area contributed by atoms with Gasteiger partial charge in [0.15, 0.2) is 4.91 Å². The normalized spacial score (nSPS) is 12.5. The molecule has 0 aliphatic rings. The van der Waals surface area contributed by atoms with Gasteiger partial charge in [0.25, 0.3) is 0 Å². The van der Waals surface area contributed by atoms with Crippen molar-refractivity contribution in [3.05, 3.63) is 59.1 Å². The lowest BCUT2D eigenvalue weighted by molar-refractivity contribution is 0.605. The van der Waals surface area contributed by atoms with Gasteiger partial charge in [-0.3, -0.25) is 0 Å². The highest BCUT2D eigenvalue weighted by Crippen LogP contribution is 2.31. The number of aromatic nitrogens is 1. The van der Waals surface area contributed by atoms with Crippen molar-refractivity contribution < 1.29 is 8.42 Å². The van der Waals surface area contributed by atoms with Crippen LogP contribution < -0.4 is 10.0 Å². The number of nitriles is 1. The first-order valence-electron chi connectivity index (χ1n) is 9.80. The zero-order chi connectivity index (χ0) is 22.1. The maximum Gasteiger partial charge on any atom is 0.248 e. The van der Waals surface area contributed by atoms with Crippen molar-refractivity contribution in [1.29, 1.82) is 5.26 Å². The molecular formula is C23H26N4O2S. The highest BCUT2D eigenvalue weighted by molar-refractivity contribution is 7.93. The number of sulfonamides is 1. The lowest BCUT2D eigenvalue weighted by atomic mass is 10.0. The number of anilines is 1. The number of nitrogens with zero attached hydrogens (tertiary/aromatic N) is 3. The van der Waals surface area contributed by atoms with Crippen LogP contribution in [0.5, 0.6) is 0 Å².